The molecule has 7 aromatic rings. The highest BCUT2D eigenvalue weighted by Gasteiger charge is 2.24. The summed E-state index contributed by atoms with van der Waals surface area (Å²) in [5.74, 6) is 6.57. The molecular formula is C35H27N7O2. The Morgan fingerprint density at radius 3 is 2.55 bits per heavy atom. The maximum Gasteiger partial charge on any atom is 0.267 e. The lowest BCUT2D eigenvalue weighted by molar-refractivity contribution is 0.0938. The van der Waals surface area contributed by atoms with Gasteiger partial charge in [0.1, 0.15) is 11.4 Å². The molecule has 0 bridgehead atoms. The zero-order chi connectivity index (χ0) is 30.4. The fourth-order valence-corrected chi connectivity index (χ4v) is 5.64. The second-order valence-corrected chi connectivity index (χ2v) is 10.6. The van der Waals surface area contributed by atoms with Crippen molar-refractivity contribution in [1.82, 2.24) is 34.0 Å². The molecule has 0 aliphatic heterocycles. The number of benzene rings is 3. The highest BCUT2D eigenvalue weighted by molar-refractivity contribution is 6.01. The number of hydrogen-bond donors (Lipinski definition) is 1. The molecule has 7 rings (SSSR count). The number of aryl methyl sites for hydroxylation is 2. The standard InChI is InChI=1S/C35H27N7O2/c1-22-30(33-36-19-10-20-41(33)39-22)34(43)37-23(2)32-38-28-15-9-11-24(31(28)35(44)42(32)26-12-5-4-6-13-26)17-18-25-21-40(3)29-16-8-7-14-27(25)29/h4-16,19-21,23H,1-3H3,(H,37,43)/t23-/m0/s1. The molecule has 9 nitrogen and oxygen atoms in total. The Balaban J connectivity index is 1.35. The summed E-state index contributed by atoms with van der Waals surface area (Å²) >= 11 is 0. The maximum atomic E-state index is 14.4. The van der Waals surface area contributed by atoms with Crippen LogP contribution in [0.15, 0.2) is 102 Å². The Morgan fingerprint density at radius 1 is 0.932 bits per heavy atom. The van der Waals surface area contributed by atoms with Crippen LogP contribution in [0.25, 0.3) is 33.1 Å². The van der Waals surface area contributed by atoms with Crippen molar-refractivity contribution in [2.75, 3.05) is 0 Å². The van der Waals surface area contributed by atoms with Gasteiger partial charge in [-0.3, -0.25) is 14.2 Å². The minimum Gasteiger partial charge on any atom is -0.349 e. The number of nitrogens with one attached hydrogen (secondary N) is 1. The summed E-state index contributed by atoms with van der Waals surface area (Å²) < 4.78 is 5.17. The SMILES string of the molecule is Cc1nn2cccnc2c1C(=O)N[C@@H](C)c1nc2cccc(C#Cc3cn(C)c4ccccc34)c2c(=O)n1-c1ccccc1. The number of fused-ring (bicyclic) bond motifs is 3. The summed E-state index contributed by atoms with van der Waals surface area (Å²) in [6.45, 7) is 3.58. The number of carbonyl (C=O) groups is 1. The number of rotatable bonds is 4. The predicted octanol–water partition coefficient (Wildman–Crippen LogP) is 5.12. The lowest BCUT2D eigenvalue weighted by Crippen LogP contribution is -2.33. The van der Waals surface area contributed by atoms with Crippen LogP contribution in [-0.2, 0) is 7.05 Å². The van der Waals surface area contributed by atoms with E-state index in [2.05, 4.69) is 33.3 Å². The Morgan fingerprint density at radius 2 is 1.70 bits per heavy atom. The van der Waals surface area contributed by atoms with E-state index >= 15 is 0 Å². The molecule has 0 fully saturated rings. The van der Waals surface area contributed by atoms with E-state index in [1.807, 2.05) is 85.4 Å². The molecular weight excluding hydrogens is 550 g/mol. The van der Waals surface area contributed by atoms with Crippen LogP contribution >= 0.6 is 0 Å². The first kappa shape index (κ1) is 26.9. The van der Waals surface area contributed by atoms with Crippen LogP contribution < -0.4 is 10.9 Å². The first-order valence-corrected chi connectivity index (χ1v) is 14.2. The Bertz CT molecular complexity index is 2350. The lowest BCUT2D eigenvalue weighted by atomic mass is 10.1. The van der Waals surface area contributed by atoms with E-state index in [-0.39, 0.29) is 11.5 Å². The molecule has 0 saturated carbocycles. The van der Waals surface area contributed by atoms with Gasteiger partial charge in [-0.1, -0.05) is 54.3 Å². The Hall–Kier alpha value is -6.01. The van der Waals surface area contributed by atoms with Gasteiger partial charge in [0, 0.05) is 42.1 Å². The summed E-state index contributed by atoms with van der Waals surface area (Å²) in [5, 5.41) is 8.90. The monoisotopic (exact) mass is 577 g/mol. The van der Waals surface area contributed by atoms with Crippen LogP contribution in [0, 0.1) is 18.8 Å². The van der Waals surface area contributed by atoms with E-state index in [1.54, 1.807) is 40.5 Å². The molecule has 1 amide bonds. The summed E-state index contributed by atoms with van der Waals surface area (Å²) in [6, 6.07) is 24.0. The van der Waals surface area contributed by atoms with Crippen LogP contribution in [-0.4, -0.2) is 34.6 Å². The number of aromatic nitrogens is 6. The molecule has 4 heterocycles. The summed E-state index contributed by atoms with van der Waals surface area (Å²) in [6.07, 6.45) is 5.36. The second kappa shape index (κ2) is 10.7. The number of para-hydroxylation sites is 2. The molecule has 214 valence electrons. The minimum atomic E-state index is -0.636. The van der Waals surface area contributed by atoms with Crippen LogP contribution in [0.2, 0.25) is 0 Å². The Kier molecular flexibility index (Phi) is 6.52. The smallest absolute Gasteiger partial charge is 0.267 e. The van der Waals surface area contributed by atoms with E-state index in [9.17, 15) is 9.59 Å². The molecule has 0 unspecified atom stereocenters. The van der Waals surface area contributed by atoms with Gasteiger partial charge in [0.2, 0.25) is 0 Å². The van der Waals surface area contributed by atoms with Gasteiger partial charge in [0.25, 0.3) is 11.5 Å². The highest BCUT2D eigenvalue weighted by atomic mass is 16.2. The van der Waals surface area contributed by atoms with Crippen LogP contribution in [0.5, 0.6) is 0 Å². The van der Waals surface area contributed by atoms with Gasteiger partial charge in [-0.2, -0.15) is 5.10 Å². The maximum absolute atomic E-state index is 14.4. The molecule has 0 spiro atoms. The number of nitrogens with zero attached hydrogens (tertiary/aromatic N) is 6. The van der Waals surface area contributed by atoms with Crippen molar-refractivity contribution in [3.8, 4) is 17.5 Å². The van der Waals surface area contributed by atoms with Gasteiger partial charge in [0.15, 0.2) is 5.65 Å². The lowest BCUT2D eigenvalue weighted by Gasteiger charge is -2.20. The van der Waals surface area contributed by atoms with Crippen molar-refractivity contribution in [2.45, 2.75) is 19.9 Å². The van der Waals surface area contributed by atoms with E-state index in [0.29, 0.717) is 44.9 Å². The molecule has 0 radical (unpaired) electrons. The van der Waals surface area contributed by atoms with Gasteiger partial charge in [-0.15, -0.1) is 0 Å². The average molecular weight is 578 g/mol. The quantitative estimate of drug-likeness (QED) is 0.293. The van der Waals surface area contributed by atoms with Gasteiger partial charge >= 0.3 is 0 Å². The van der Waals surface area contributed by atoms with E-state index in [4.69, 9.17) is 4.98 Å². The van der Waals surface area contributed by atoms with Crippen LogP contribution in [0.4, 0.5) is 0 Å². The molecule has 4 aromatic heterocycles. The van der Waals surface area contributed by atoms with E-state index < -0.39 is 6.04 Å². The summed E-state index contributed by atoms with van der Waals surface area (Å²) in [4.78, 5) is 37.2. The molecule has 0 saturated heterocycles. The largest absolute Gasteiger partial charge is 0.349 e. The minimum absolute atomic E-state index is 0.269. The Labute approximate surface area is 252 Å². The first-order valence-electron chi connectivity index (χ1n) is 14.2. The topological polar surface area (TPSA) is 99.1 Å². The number of amides is 1. The fraction of sp³-hybridized carbons (Fsp3) is 0.114. The summed E-state index contributed by atoms with van der Waals surface area (Å²) in [5.41, 5.74) is 4.78. The number of hydrogen-bond acceptors (Lipinski definition) is 5. The predicted molar refractivity (Wildman–Crippen MR) is 170 cm³/mol. The van der Waals surface area contributed by atoms with Crippen molar-refractivity contribution in [1.29, 1.82) is 0 Å². The zero-order valence-electron chi connectivity index (χ0n) is 24.3. The van der Waals surface area contributed by atoms with Gasteiger partial charge in [-0.05, 0) is 50.2 Å². The molecule has 1 N–H and O–H groups in total. The van der Waals surface area contributed by atoms with Gasteiger partial charge in [-0.25, -0.2) is 14.5 Å². The van der Waals surface area contributed by atoms with Crippen molar-refractivity contribution in [3.63, 3.8) is 0 Å². The molecule has 3 aromatic carbocycles. The van der Waals surface area contributed by atoms with Gasteiger partial charge in [0.05, 0.1) is 33.9 Å². The van der Waals surface area contributed by atoms with Crippen LogP contribution in [0.1, 0.15) is 46.0 Å². The molecule has 9 heteroatoms. The molecule has 44 heavy (non-hydrogen) atoms. The fourth-order valence-electron chi connectivity index (χ4n) is 5.64. The highest BCUT2D eigenvalue weighted by Crippen LogP contribution is 2.23. The van der Waals surface area contributed by atoms with Crippen molar-refractivity contribution >= 4 is 33.4 Å². The zero-order valence-corrected chi connectivity index (χ0v) is 24.3. The van der Waals surface area contributed by atoms with E-state index in [0.717, 1.165) is 16.5 Å². The molecule has 1 atom stereocenters. The van der Waals surface area contributed by atoms with Crippen LogP contribution in [0.3, 0.4) is 0 Å². The second-order valence-electron chi connectivity index (χ2n) is 10.6. The van der Waals surface area contributed by atoms with Crippen molar-refractivity contribution < 1.29 is 4.79 Å². The molecule has 0 aliphatic rings. The van der Waals surface area contributed by atoms with Crippen molar-refractivity contribution in [3.05, 3.63) is 136 Å². The number of carbonyl (C=O) groups excluding carboxylic acids is 1. The van der Waals surface area contributed by atoms with Crippen molar-refractivity contribution in [2.24, 2.45) is 7.05 Å². The molecule has 0 aliphatic carbocycles. The van der Waals surface area contributed by atoms with E-state index in [1.165, 1.54) is 0 Å². The van der Waals surface area contributed by atoms with Gasteiger partial charge < -0.3 is 9.88 Å². The normalized spacial score (nSPS) is 11.9. The summed E-state index contributed by atoms with van der Waals surface area (Å²) in [7, 11) is 1.99. The average Bonchev–Trinajstić information content (AvgIpc) is 3.55. The third-order valence-corrected chi connectivity index (χ3v) is 7.70. The third-order valence-electron chi connectivity index (χ3n) is 7.70. The third kappa shape index (κ3) is 4.50. The first-order chi connectivity index (χ1) is 21.4.